The van der Waals surface area contributed by atoms with Gasteiger partial charge in [-0.2, -0.15) is 0 Å². The van der Waals surface area contributed by atoms with E-state index in [0.717, 1.165) is 45.1 Å². The number of aryl methyl sites for hydroxylation is 3. The standard InChI is InChI=1S/C29H29N5O3S/c1-17-12-18(2)14-22(13-17)33-28(27(31-29(33)38)24-8-6-7-11-30-24)23-15-19(3)32(20(23)4)25-10-9-21(34(35)36)16-26(25)37-5/h6-16,27-28H,1-5H3,(H,31,38)/t27-,28-/m1/s1. The van der Waals surface area contributed by atoms with Crippen molar-refractivity contribution in [3.63, 3.8) is 0 Å². The molecule has 1 saturated heterocycles. The van der Waals surface area contributed by atoms with Crippen molar-refractivity contribution < 1.29 is 9.66 Å². The Hall–Kier alpha value is -4.24. The van der Waals surface area contributed by atoms with E-state index in [-0.39, 0.29) is 17.8 Å². The van der Waals surface area contributed by atoms with Gasteiger partial charge >= 0.3 is 0 Å². The number of rotatable bonds is 6. The number of thiocarbonyl (C=S) groups is 1. The Labute approximate surface area is 227 Å². The Bertz CT molecular complexity index is 1530. The van der Waals surface area contributed by atoms with E-state index in [1.54, 1.807) is 12.3 Å². The van der Waals surface area contributed by atoms with Gasteiger partial charge in [0.25, 0.3) is 5.69 Å². The van der Waals surface area contributed by atoms with Crippen molar-refractivity contribution in [1.29, 1.82) is 0 Å². The number of nitro benzene ring substituents is 1. The lowest BCUT2D eigenvalue weighted by Gasteiger charge is -2.29. The third-order valence-corrected chi connectivity index (χ3v) is 7.30. The van der Waals surface area contributed by atoms with Crippen molar-refractivity contribution in [2.45, 2.75) is 39.8 Å². The first-order valence-electron chi connectivity index (χ1n) is 12.3. The lowest BCUT2D eigenvalue weighted by atomic mass is 9.96. The molecule has 2 aromatic carbocycles. The van der Waals surface area contributed by atoms with Crippen LogP contribution in [0.1, 0.15) is 45.9 Å². The van der Waals surface area contributed by atoms with Crippen molar-refractivity contribution in [3.8, 4) is 11.4 Å². The van der Waals surface area contributed by atoms with Crippen LogP contribution in [-0.4, -0.2) is 26.7 Å². The van der Waals surface area contributed by atoms with Gasteiger partial charge in [0.2, 0.25) is 0 Å². The van der Waals surface area contributed by atoms with Gasteiger partial charge in [-0.3, -0.25) is 15.1 Å². The summed E-state index contributed by atoms with van der Waals surface area (Å²) in [5, 5.41) is 15.5. The minimum atomic E-state index is -0.419. The summed E-state index contributed by atoms with van der Waals surface area (Å²) in [6.45, 7) is 8.25. The van der Waals surface area contributed by atoms with Crippen LogP contribution in [0.5, 0.6) is 5.75 Å². The highest BCUT2D eigenvalue weighted by atomic mass is 32.1. The van der Waals surface area contributed by atoms with Crippen LogP contribution >= 0.6 is 12.2 Å². The lowest BCUT2D eigenvalue weighted by Crippen LogP contribution is -2.29. The number of nitrogens with one attached hydrogen (secondary N) is 1. The number of nitro groups is 1. The molecule has 5 rings (SSSR count). The molecule has 4 aromatic rings. The molecule has 2 aromatic heterocycles. The van der Waals surface area contributed by atoms with E-state index in [4.69, 9.17) is 17.0 Å². The summed E-state index contributed by atoms with van der Waals surface area (Å²) in [7, 11) is 1.52. The van der Waals surface area contributed by atoms with Gasteiger partial charge < -0.3 is 19.5 Å². The van der Waals surface area contributed by atoms with Crippen LogP contribution in [-0.2, 0) is 0 Å². The number of nitrogens with zero attached hydrogens (tertiary/aromatic N) is 4. The number of anilines is 1. The van der Waals surface area contributed by atoms with Crippen molar-refractivity contribution in [1.82, 2.24) is 14.9 Å². The van der Waals surface area contributed by atoms with Crippen LogP contribution in [0.3, 0.4) is 0 Å². The van der Waals surface area contributed by atoms with Crippen molar-refractivity contribution >= 4 is 28.7 Å². The number of non-ortho nitro benzene ring substituents is 1. The second-order valence-electron chi connectivity index (χ2n) is 9.62. The number of benzene rings is 2. The molecule has 1 aliphatic rings. The normalized spacial score (nSPS) is 17.0. The van der Waals surface area contributed by atoms with Gasteiger partial charge in [0, 0.05) is 29.3 Å². The highest BCUT2D eigenvalue weighted by Crippen LogP contribution is 2.44. The smallest absolute Gasteiger partial charge is 0.273 e. The molecule has 1 fully saturated rings. The molecule has 0 unspecified atom stereocenters. The molecule has 0 bridgehead atoms. The van der Waals surface area contributed by atoms with Gasteiger partial charge in [-0.15, -0.1) is 0 Å². The molecule has 0 saturated carbocycles. The molecule has 2 atom stereocenters. The first-order valence-corrected chi connectivity index (χ1v) is 12.7. The molecule has 9 heteroatoms. The number of hydrogen-bond acceptors (Lipinski definition) is 5. The molecular weight excluding hydrogens is 498 g/mol. The molecule has 38 heavy (non-hydrogen) atoms. The van der Waals surface area contributed by atoms with Gasteiger partial charge in [-0.1, -0.05) is 12.1 Å². The topological polar surface area (TPSA) is 85.5 Å². The zero-order chi connectivity index (χ0) is 27.1. The van der Waals surface area contributed by atoms with E-state index in [0.29, 0.717) is 10.9 Å². The molecule has 0 aliphatic carbocycles. The van der Waals surface area contributed by atoms with Gasteiger partial charge in [0.05, 0.1) is 41.6 Å². The summed E-state index contributed by atoms with van der Waals surface area (Å²) in [6.07, 6.45) is 1.79. The Morgan fingerprint density at radius 3 is 2.39 bits per heavy atom. The maximum atomic E-state index is 11.4. The maximum Gasteiger partial charge on any atom is 0.273 e. The van der Waals surface area contributed by atoms with Crippen molar-refractivity contribution in [3.05, 3.63) is 111 Å². The Kier molecular flexibility index (Phi) is 6.62. The summed E-state index contributed by atoms with van der Waals surface area (Å²) in [5.41, 5.74) is 7.97. The van der Waals surface area contributed by atoms with Gasteiger partial charge in [0.1, 0.15) is 5.75 Å². The van der Waals surface area contributed by atoms with E-state index < -0.39 is 4.92 Å². The molecule has 1 aliphatic heterocycles. The molecule has 0 spiro atoms. The summed E-state index contributed by atoms with van der Waals surface area (Å²) >= 11 is 5.91. The molecule has 1 N–H and O–H groups in total. The average molecular weight is 528 g/mol. The summed E-state index contributed by atoms with van der Waals surface area (Å²) in [4.78, 5) is 17.8. The van der Waals surface area contributed by atoms with E-state index in [1.165, 1.54) is 19.2 Å². The van der Waals surface area contributed by atoms with Crippen molar-refractivity contribution in [2.24, 2.45) is 0 Å². The fourth-order valence-electron chi connectivity index (χ4n) is 5.46. The van der Waals surface area contributed by atoms with E-state index in [9.17, 15) is 10.1 Å². The zero-order valence-electron chi connectivity index (χ0n) is 21.9. The van der Waals surface area contributed by atoms with Crippen LogP contribution < -0.4 is 15.0 Å². The fraction of sp³-hybridized carbons (Fsp3) is 0.241. The predicted molar refractivity (Wildman–Crippen MR) is 152 cm³/mol. The minimum absolute atomic E-state index is 0.0187. The fourth-order valence-corrected chi connectivity index (χ4v) is 5.81. The van der Waals surface area contributed by atoms with Crippen LogP contribution in [0.2, 0.25) is 0 Å². The zero-order valence-corrected chi connectivity index (χ0v) is 22.7. The third-order valence-electron chi connectivity index (χ3n) is 6.99. The lowest BCUT2D eigenvalue weighted by molar-refractivity contribution is -0.384. The summed E-state index contributed by atoms with van der Waals surface area (Å²) in [5.74, 6) is 0.431. The quantitative estimate of drug-likeness (QED) is 0.182. The van der Waals surface area contributed by atoms with Crippen LogP contribution in [0.4, 0.5) is 11.4 Å². The maximum absolute atomic E-state index is 11.4. The number of hydrogen-bond donors (Lipinski definition) is 1. The highest BCUT2D eigenvalue weighted by Gasteiger charge is 2.42. The number of methoxy groups -OCH3 is 1. The molecular formula is C29H29N5O3S. The molecule has 8 nitrogen and oxygen atoms in total. The van der Waals surface area contributed by atoms with Crippen LogP contribution in [0, 0.1) is 37.8 Å². The van der Waals surface area contributed by atoms with Gasteiger partial charge in [-0.05, 0) is 93.0 Å². The minimum Gasteiger partial charge on any atom is -0.494 e. The Balaban J connectivity index is 1.70. The number of aromatic nitrogens is 2. The van der Waals surface area contributed by atoms with Crippen molar-refractivity contribution in [2.75, 3.05) is 12.0 Å². The van der Waals surface area contributed by atoms with Crippen LogP contribution in [0.25, 0.3) is 5.69 Å². The summed E-state index contributed by atoms with van der Waals surface area (Å²) < 4.78 is 7.66. The highest BCUT2D eigenvalue weighted by molar-refractivity contribution is 7.80. The second-order valence-corrected chi connectivity index (χ2v) is 10.0. The number of ether oxygens (including phenoxy) is 1. The second kappa shape index (κ2) is 9.90. The number of pyridine rings is 1. The van der Waals surface area contributed by atoms with E-state index >= 15 is 0 Å². The van der Waals surface area contributed by atoms with Gasteiger partial charge in [-0.25, -0.2) is 0 Å². The Morgan fingerprint density at radius 2 is 1.76 bits per heavy atom. The average Bonchev–Trinajstić information content (AvgIpc) is 3.38. The van der Waals surface area contributed by atoms with E-state index in [1.807, 2.05) is 25.1 Å². The first-order chi connectivity index (χ1) is 18.2. The van der Waals surface area contributed by atoms with E-state index in [2.05, 4.69) is 64.8 Å². The molecule has 0 amide bonds. The molecule has 0 radical (unpaired) electrons. The third kappa shape index (κ3) is 4.39. The molecule has 3 heterocycles. The Morgan fingerprint density at radius 1 is 1.03 bits per heavy atom. The predicted octanol–water partition coefficient (Wildman–Crippen LogP) is 6.20. The first kappa shape index (κ1) is 25.4. The largest absolute Gasteiger partial charge is 0.494 e. The van der Waals surface area contributed by atoms with Crippen LogP contribution in [0.15, 0.2) is 66.9 Å². The monoisotopic (exact) mass is 527 g/mol. The summed E-state index contributed by atoms with van der Waals surface area (Å²) in [6, 6.07) is 18.8. The molecule has 194 valence electrons. The SMILES string of the molecule is COc1cc([N+](=O)[O-])ccc1-n1c(C)cc([C@@H]2[C@@H](c3ccccn3)NC(=S)N2c2cc(C)cc(C)c2)c1C. The van der Waals surface area contributed by atoms with Gasteiger partial charge in [0.15, 0.2) is 5.11 Å².